The summed E-state index contributed by atoms with van der Waals surface area (Å²) in [6.07, 6.45) is 1.59. The van der Waals surface area contributed by atoms with E-state index in [1.54, 1.807) is 24.4 Å². The number of anilines is 1. The van der Waals surface area contributed by atoms with Gasteiger partial charge in [0, 0.05) is 11.6 Å². The number of hydrogen-bond donors (Lipinski definition) is 1. The van der Waals surface area contributed by atoms with Crippen LogP contribution in [0.1, 0.15) is 15.9 Å². The van der Waals surface area contributed by atoms with Crippen molar-refractivity contribution in [1.82, 2.24) is 4.98 Å². The molecule has 1 amide bonds. The van der Waals surface area contributed by atoms with Crippen LogP contribution in [0.4, 0.5) is 14.5 Å². The third-order valence-electron chi connectivity index (χ3n) is 3.39. The predicted molar refractivity (Wildman–Crippen MR) is 80.8 cm³/mol. The van der Waals surface area contributed by atoms with Crippen LogP contribution in [0.15, 0.2) is 48.7 Å². The van der Waals surface area contributed by atoms with Crippen molar-refractivity contribution in [3.05, 3.63) is 71.4 Å². The van der Waals surface area contributed by atoms with Gasteiger partial charge in [0.2, 0.25) is 0 Å². The minimum Gasteiger partial charge on any atom is -0.320 e. The van der Waals surface area contributed by atoms with Crippen LogP contribution in [0.5, 0.6) is 0 Å². The molecule has 0 radical (unpaired) electrons. The number of aromatic nitrogens is 1. The number of amides is 1. The molecule has 3 aromatic rings. The molecule has 1 N–H and O–H groups in total. The number of rotatable bonds is 2. The summed E-state index contributed by atoms with van der Waals surface area (Å²) in [4.78, 5) is 16.4. The Labute approximate surface area is 125 Å². The molecule has 5 heteroatoms. The molecular weight excluding hydrogens is 286 g/mol. The predicted octanol–water partition coefficient (Wildman–Crippen LogP) is 4.07. The lowest BCUT2D eigenvalue weighted by molar-refractivity contribution is 0.101. The quantitative estimate of drug-likeness (QED) is 0.774. The monoisotopic (exact) mass is 298 g/mol. The van der Waals surface area contributed by atoms with Crippen molar-refractivity contribution in [2.75, 3.05) is 5.32 Å². The Hall–Kier alpha value is -2.82. The molecule has 1 heterocycles. The Morgan fingerprint density at radius 1 is 1.09 bits per heavy atom. The van der Waals surface area contributed by atoms with Crippen LogP contribution >= 0.6 is 0 Å². The molecule has 3 nitrogen and oxygen atoms in total. The fraction of sp³-hybridized carbons (Fsp3) is 0.0588. The van der Waals surface area contributed by atoms with E-state index in [-0.39, 0.29) is 5.56 Å². The lowest BCUT2D eigenvalue weighted by Gasteiger charge is -2.10. The van der Waals surface area contributed by atoms with Crippen LogP contribution in [0.2, 0.25) is 0 Å². The molecule has 0 saturated heterocycles. The van der Waals surface area contributed by atoms with Crippen molar-refractivity contribution in [1.29, 1.82) is 0 Å². The van der Waals surface area contributed by atoms with Crippen molar-refractivity contribution >= 4 is 22.5 Å². The number of pyridine rings is 1. The van der Waals surface area contributed by atoms with Gasteiger partial charge in [-0.25, -0.2) is 8.78 Å². The van der Waals surface area contributed by atoms with Gasteiger partial charge in [-0.2, -0.15) is 0 Å². The van der Waals surface area contributed by atoms with E-state index >= 15 is 0 Å². The largest absolute Gasteiger partial charge is 0.320 e. The van der Waals surface area contributed by atoms with E-state index in [1.165, 1.54) is 13.0 Å². The van der Waals surface area contributed by atoms with Gasteiger partial charge in [0.15, 0.2) is 0 Å². The van der Waals surface area contributed by atoms with Gasteiger partial charge in [0.1, 0.15) is 17.2 Å². The first kappa shape index (κ1) is 14.1. The molecule has 0 saturated carbocycles. The number of halogens is 2. The fourth-order valence-electron chi connectivity index (χ4n) is 2.25. The number of nitrogens with zero attached hydrogens (tertiary/aromatic N) is 1. The number of fused-ring (bicyclic) bond motifs is 1. The number of nitrogens with one attached hydrogen (secondary N) is 1. The molecule has 22 heavy (non-hydrogen) atoms. The summed E-state index contributed by atoms with van der Waals surface area (Å²) in [5.41, 5.74) is 0.589. The molecule has 0 aliphatic heterocycles. The van der Waals surface area contributed by atoms with Crippen LogP contribution < -0.4 is 5.32 Å². The molecule has 0 spiro atoms. The van der Waals surface area contributed by atoms with E-state index in [1.807, 2.05) is 12.1 Å². The average Bonchev–Trinajstić information content (AvgIpc) is 2.52. The Bertz CT molecular complexity index is 872. The molecule has 0 unspecified atom stereocenters. The highest BCUT2D eigenvalue weighted by Crippen LogP contribution is 2.23. The smallest absolute Gasteiger partial charge is 0.261 e. The molecule has 0 aliphatic rings. The molecule has 1 aromatic heterocycles. The van der Waals surface area contributed by atoms with Gasteiger partial charge in [0.05, 0.1) is 11.2 Å². The van der Waals surface area contributed by atoms with Gasteiger partial charge >= 0.3 is 0 Å². The van der Waals surface area contributed by atoms with Crippen molar-refractivity contribution in [3.63, 3.8) is 0 Å². The van der Waals surface area contributed by atoms with Gasteiger partial charge in [-0.15, -0.1) is 0 Å². The standard InChI is InChI=1S/C17H12F2N2O/c1-10-7-8-12(18)14(15(10)19)17(22)21-13-6-2-4-11-5-3-9-20-16(11)13/h2-9H,1H3,(H,21,22). The number of aryl methyl sites for hydroxylation is 1. The fourth-order valence-corrected chi connectivity index (χ4v) is 2.25. The van der Waals surface area contributed by atoms with Crippen molar-refractivity contribution in [2.45, 2.75) is 6.92 Å². The second-order valence-electron chi connectivity index (χ2n) is 4.89. The van der Waals surface area contributed by atoms with E-state index in [4.69, 9.17) is 0 Å². The van der Waals surface area contributed by atoms with E-state index in [2.05, 4.69) is 10.3 Å². The summed E-state index contributed by atoms with van der Waals surface area (Å²) in [6.45, 7) is 1.48. The van der Waals surface area contributed by atoms with E-state index in [9.17, 15) is 13.6 Å². The molecule has 110 valence electrons. The highest BCUT2D eigenvalue weighted by atomic mass is 19.1. The van der Waals surface area contributed by atoms with Crippen molar-refractivity contribution in [3.8, 4) is 0 Å². The topological polar surface area (TPSA) is 42.0 Å². The van der Waals surface area contributed by atoms with Crippen LogP contribution in [0, 0.1) is 18.6 Å². The maximum absolute atomic E-state index is 14.0. The zero-order chi connectivity index (χ0) is 15.7. The Kier molecular flexibility index (Phi) is 3.55. The summed E-state index contributed by atoms with van der Waals surface area (Å²) < 4.78 is 27.8. The third-order valence-corrected chi connectivity index (χ3v) is 3.39. The average molecular weight is 298 g/mol. The van der Waals surface area contributed by atoms with Crippen LogP contribution in [0.3, 0.4) is 0 Å². The molecule has 0 fully saturated rings. The minimum absolute atomic E-state index is 0.211. The normalized spacial score (nSPS) is 10.7. The molecule has 0 bridgehead atoms. The lowest BCUT2D eigenvalue weighted by atomic mass is 10.1. The highest BCUT2D eigenvalue weighted by molar-refractivity contribution is 6.08. The van der Waals surface area contributed by atoms with Gasteiger partial charge in [-0.1, -0.05) is 24.3 Å². The van der Waals surface area contributed by atoms with E-state index < -0.39 is 23.1 Å². The van der Waals surface area contributed by atoms with Gasteiger partial charge in [-0.3, -0.25) is 9.78 Å². The molecule has 0 aliphatic carbocycles. The summed E-state index contributed by atoms with van der Waals surface area (Å²) in [5.74, 6) is -2.59. The number of benzene rings is 2. The zero-order valence-corrected chi connectivity index (χ0v) is 11.7. The number of hydrogen-bond acceptors (Lipinski definition) is 2. The van der Waals surface area contributed by atoms with E-state index in [0.29, 0.717) is 11.2 Å². The molecule has 0 atom stereocenters. The summed E-state index contributed by atoms with van der Waals surface area (Å²) in [6, 6.07) is 11.2. The molecular formula is C17H12F2N2O. The third kappa shape index (κ3) is 2.41. The minimum atomic E-state index is -0.895. The Morgan fingerprint density at radius 2 is 1.86 bits per heavy atom. The number of carbonyl (C=O) groups is 1. The number of para-hydroxylation sites is 1. The molecule has 3 rings (SSSR count). The highest BCUT2D eigenvalue weighted by Gasteiger charge is 2.19. The number of carbonyl (C=O) groups excluding carboxylic acids is 1. The van der Waals surface area contributed by atoms with Crippen LogP contribution in [-0.2, 0) is 0 Å². The second-order valence-corrected chi connectivity index (χ2v) is 4.89. The first-order valence-electron chi connectivity index (χ1n) is 6.67. The lowest BCUT2D eigenvalue weighted by Crippen LogP contribution is -2.17. The first-order chi connectivity index (χ1) is 10.6. The maximum atomic E-state index is 14.0. The van der Waals surface area contributed by atoms with Gasteiger partial charge in [0.25, 0.3) is 5.91 Å². The Balaban J connectivity index is 2.03. The van der Waals surface area contributed by atoms with Crippen molar-refractivity contribution in [2.24, 2.45) is 0 Å². The summed E-state index contributed by atoms with van der Waals surface area (Å²) in [7, 11) is 0. The van der Waals surface area contributed by atoms with Gasteiger partial charge in [-0.05, 0) is 30.7 Å². The first-order valence-corrected chi connectivity index (χ1v) is 6.67. The molecule has 2 aromatic carbocycles. The SMILES string of the molecule is Cc1ccc(F)c(C(=O)Nc2cccc3cccnc23)c1F. The van der Waals surface area contributed by atoms with Gasteiger partial charge < -0.3 is 5.32 Å². The van der Waals surface area contributed by atoms with Crippen molar-refractivity contribution < 1.29 is 13.6 Å². The van der Waals surface area contributed by atoms with Crippen LogP contribution in [-0.4, -0.2) is 10.9 Å². The summed E-state index contributed by atoms with van der Waals surface area (Å²) >= 11 is 0. The second kappa shape index (κ2) is 5.52. The maximum Gasteiger partial charge on any atom is 0.261 e. The van der Waals surface area contributed by atoms with Crippen LogP contribution in [0.25, 0.3) is 10.9 Å². The summed E-state index contributed by atoms with van der Waals surface area (Å²) in [5, 5.41) is 3.35. The Morgan fingerprint density at radius 3 is 2.68 bits per heavy atom. The zero-order valence-electron chi connectivity index (χ0n) is 11.7. The van der Waals surface area contributed by atoms with E-state index in [0.717, 1.165) is 11.5 Å².